The van der Waals surface area contributed by atoms with Crippen LogP contribution in [0.4, 0.5) is 13.2 Å². The third kappa shape index (κ3) is 2.54. The monoisotopic (exact) mass is 249 g/mol. The minimum absolute atomic E-state index is 0.172. The van der Waals surface area contributed by atoms with Crippen LogP contribution in [-0.2, 0) is 6.54 Å². The highest BCUT2D eigenvalue weighted by Crippen LogP contribution is 2.33. The molecule has 0 aliphatic heterocycles. The van der Waals surface area contributed by atoms with E-state index < -0.39 is 25.2 Å². The van der Waals surface area contributed by atoms with Crippen LogP contribution in [0.2, 0.25) is 0 Å². The highest BCUT2D eigenvalue weighted by atomic mass is 19.4. The zero-order valence-electron chi connectivity index (χ0n) is 9.15. The van der Waals surface area contributed by atoms with E-state index in [1.165, 1.54) is 10.8 Å². The minimum atomic E-state index is -4.37. The number of halogens is 3. The van der Waals surface area contributed by atoms with Crippen molar-refractivity contribution < 1.29 is 13.2 Å². The molecule has 1 saturated carbocycles. The van der Waals surface area contributed by atoms with Crippen molar-refractivity contribution in [2.45, 2.75) is 31.6 Å². The summed E-state index contributed by atoms with van der Waals surface area (Å²) in [4.78, 5) is 11.7. The van der Waals surface area contributed by atoms with Crippen molar-refractivity contribution in [2.24, 2.45) is 11.7 Å². The van der Waals surface area contributed by atoms with Crippen LogP contribution in [0.25, 0.3) is 0 Å². The van der Waals surface area contributed by atoms with E-state index in [2.05, 4.69) is 0 Å². The van der Waals surface area contributed by atoms with Crippen LogP contribution in [0.3, 0.4) is 0 Å². The number of aromatic nitrogens is 2. The third-order valence-corrected chi connectivity index (χ3v) is 2.98. The zero-order valence-corrected chi connectivity index (χ0v) is 9.15. The second-order valence-electron chi connectivity index (χ2n) is 4.35. The van der Waals surface area contributed by atoms with Gasteiger partial charge in [0, 0.05) is 31.5 Å². The lowest BCUT2D eigenvalue weighted by molar-refractivity contribution is -0.175. The quantitative estimate of drug-likeness (QED) is 0.869. The molecule has 1 aliphatic rings. The zero-order chi connectivity index (χ0) is 12.6. The topological polar surface area (TPSA) is 52.9 Å². The Kier molecular flexibility index (Phi) is 3.03. The van der Waals surface area contributed by atoms with Crippen molar-refractivity contribution in [3.05, 3.63) is 22.9 Å². The fraction of sp³-hybridized carbons (Fsp3) is 0.700. The maximum Gasteiger partial charge on any atom is 0.394 e. The number of alkyl halides is 3. The van der Waals surface area contributed by atoms with Gasteiger partial charge in [0.15, 0.2) is 0 Å². The Bertz CT molecular complexity index is 444. The standard InChI is InChI=1S/C10H14F3N3O/c11-10(12,13)7(5-14)6-15-3-4-16(9(15)17)8-1-2-8/h3-4,7-8H,1-2,5-6,14H2. The second kappa shape index (κ2) is 4.21. The van der Waals surface area contributed by atoms with Gasteiger partial charge in [-0.2, -0.15) is 13.2 Å². The van der Waals surface area contributed by atoms with Gasteiger partial charge in [-0.25, -0.2) is 4.79 Å². The molecule has 1 heterocycles. The molecule has 2 rings (SSSR count). The number of rotatable bonds is 4. The molecular weight excluding hydrogens is 235 g/mol. The molecule has 1 atom stereocenters. The van der Waals surface area contributed by atoms with Gasteiger partial charge in [0.2, 0.25) is 0 Å². The summed E-state index contributed by atoms with van der Waals surface area (Å²) in [5.41, 5.74) is 4.71. The van der Waals surface area contributed by atoms with Gasteiger partial charge >= 0.3 is 11.9 Å². The van der Waals surface area contributed by atoms with E-state index in [4.69, 9.17) is 5.73 Å². The number of hydrogen-bond acceptors (Lipinski definition) is 2. The van der Waals surface area contributed by atoms with Crippen LogP contribution in [0.1, 0.15) is 18.9 Å². The van der Waals surface area contributed by atoms with E-state index >= 15 is 0 Å². The number of hydrogen-bond donors (Lipinski definition) is 1. The van der Waals surface area contributed by atoms with E-state index in [1.807, 2.05) is 0 Å². The van der Waals surface area contributed by atoms with E-state index in [0.717, 1.165) is 17.4 Å². The van der Waals surface area contributed by atoms with E-state index in [9.17, 15) is 18.0 Å². The first kappa shape index (κ1) is 12.2. The predicted octanol–water partition coefficient (Wildman–Crippen LogP) is 1.12. The summed E-state index contributed by atoms with van der Waals surface area (Å²) in [6.45, 7) is -0.914. The van der Waals surface area contributed by atoms with E-state index in [0.29, 0.717) is 0 Å². The van der Waals surface area contributed by atoms with Gasteiger partial charge in [-0.05, 0) is 12.8 Å². The Morgan fingerprint density at radius 2 is 2.06 bits per heavy atom. The molecule has 1 aromatic heterocycles. The molecule has 1 aromatic rings. The molecule has 1 aliphatic carbocycles. The lowest BCUT2D eigenvalue weighted by Gasteiger charge is -2.18. The third-order valence-electron chi connectivity index (χ3n) is 2.98. The minimum Gasteiger partial charge on any atom is -0.330 e. The van der Waals surface area contributed by atoms with Crippen molar-refractivity contribution in [1.29, 1.82) is 0 Å². The lowest BCUT2D eigenvalue weighted by atomic mass is 10.1. The van der Waals surface area contributed by atoms with Crippen molar-refractivity contribution in [2.75, 3.05) is 6.54 Å². The smallest absolute Gasteiger partial charge is 0.330 e. The van der Waals surface area contributed by atoms with Crippen LogP contribution in [0.15, 0.2) is 17.2 Å². The Balaban J connectivity index is 2.15. The molecule has 2 N–H and O–H groups in total. The molecular formula is C10H14F3N3O. The van der Waals surface area contributed by atoms with Crippen molar-refractivity contribution in [1.82, 2.24) is 9.13 Å². The van der Waals surface area contributed by atoms with Crippen molar-refractivity contribution in [3.8, 4) is 0 Å². The normalized spacial score (nSPS) is 18.4. The van der Waals surface area contributed by atoms with Gasteiger partial charge < -0.3 is 5.73 Å². The molecule has 96 valence electrons. The van der Waals surface area contributed by atoms with Crippen LogP contribution in [-0.4, -0.2) is 21.9 Å². The number of nitrogens with zero attached hydrogens (tertiary/aromatic N) is 2. The molecule has 0 radical (unpaired) electrons. The molecule has 0 amide bonds. The van der Waals surface area contributed by atoms with Gasteiger partial charge in [-0.1, -0.05) is 0 Å². The number of imidazole rings is 1. The molecule has 7 heteroatoms. The van der Waals surface area contributed by atoms with Crippen LogP contribution >= 0.6 is 0 Å². The molecule has 1 unspecified atom stereocenters. The van der Waals surface area contributed by atoms with Crippen LogP contribution < -0.4 is 11.4 Å². The summed E-state index contributed by atoms with van der Waals surface area (Å²) in [5, 5.41) is 0. The van der Waals surface area contributed by atoms with Gasteiger partial charge in [-0.15, -0.1) is 0 Å². The average Bonchev–Trinajstić information content (AvgIpc) is 3.00. The number of nitrogens with two attached hydrogens (primary N) is 1. The highest BCUT2D eigenvalue weighted by molar-refractivity contribution is 4.92. The highest BCUT2D eigenvalue weighted by Gasteiger charge is 2.39. The molecule has 4 nitrogen and oxygen atoms in total. The van der Waals surface area contributed by atoms with Gasteiger partial charge in [0.05, 0.1) is 5.92 Å². The van der Waals surface area contributed by atoms with Gasteiger partial charge in [-0.3, -0.25) is 9.13 Å². The summed E-state index contributed by atoms with van der Waals surface area (Å²) in [7, 11) is 0. The summed E-state index contributed by atoms with van der Waals surface area (Å²) < 4.78 is 40.1. The second-order valence-corrected chi connectivity index (χ2v) is 4.35. The first-order chi connectivity index (χ1) is 7.93. The molecule has 17 heavy (non-hydrogen) atoms. The first-order valence-corrected chi connectivity index (χ1v) is 5.47. The maximum atomic E-state index is 12.5. The summed E-state index contributed by atoms with van der Waals surface area (Å²) >= 11 is 0. The van der Waals surface area contributed by atoms with Crippen molar-refractivity contribution >= 4 is 0 Å². The first-order valence-electron chi connectivity index (χ1n) is 5.47. The summed E-state index contributed by atoms with van der Waals surface area (Å²) in [6.07, 6.45) is 0.419. The average molecular weight is 249 g/mol. The fourth-order valence-electron chi connectivity index (χ4n) is 1.75. The summed E-state index contributed by atoms with van der Waals surface area (Å²) in [6, 6.07) is 0.172. The van der Waals surface area contributed by atoms with E-state index in [1.54, 1.807) is 6.20 Å². The largest absolute Gasteiger partial charge is 0.394 e. The molecule has 1 fully saturated rings. The lowest BCUT2D eigenvalue weighted by Crippen LogP contribution is -2.36. The Morgan fingerprint density at radius 1 is 1.41 bits per heavy atom. The van der Waals surface area contributed by atoms with Gasteiger partial charge in [0.1, 0.15) is 0 Å². The SMILES string of the molecule is NCC(Cn1ccn(C2CC2)c1=O)C(F)(F)F. The van der Waals surface area contributed by atoms with Crippen LogP contribution in [0.5, 0.6) is 0 Å². The Labute approximate surface area is 95.8 Å². The molecule has 0 bridgehead atoms. The Morgan fingerprint density at radius 3 is 2.53 bits per heavy atom. The fourth-order valence-corrected chi connectivity index (χ4v) is 1.75. The molecule has 0 spiro atoms. The summed E-state index contributed by atoms with van der Waals surface area (Å²) in [5.74, 6) is -1.67. The predicted molar refractivity (Wildman–Crippen MR) is 55.6 cm³/mol. The van der Waals surface area contributed by atoms with Crippen LogP contribution in [0, 0.1) is 5.92 Å². The van der Waals surface area contributed by atoms with Crippen molar-refractivity contribution in [3.63, 3.8) is 0 Å². The maximum absolute atomic E-state index is 12.5. The molecule has 0 aromatic carbocycles. The van der Waals surface area contributed by atoms with E-state index in [-0.39, 0.29) is 11.7 Å². The Hall–Kier alpha value is -1.24. The van der Waals surface area contributed by atoms with Gasteiger partial charge in [0.25, 0.3) is 0 Å². The molecule has 0 saturated heterocycles.